The summed E-state index contributed by atoms with van der Waals surface area (Å²) in [5, 5.41) is 26.8. The van der Waals surface area contributed by atoms with Crippen molar-refractivity contribution >= 4 is 56.8 Å². The number of hydrogen-bond acceptors (Lipinski definition) is 6. The van der Waals surface area contributed by atoms with E-state index in [9.17, 15) is 24.8 Å². The Hall–Kier alpha value is -5.57. The Bertz CT molecular complexity index is 2560. The van der Waals surface area contributed by atoms with Crippen molar-refractivity contribution in [3.8, 4) is 0 Å². The smallest absolute Gasteiger partial charge is 0.303 e. The highest BCUT2D eigenvalue weighted by Crippen LogP contribution is 2.58. The topological polar surface area (TPSA) is 113 Å². The number of carboxylic acid groups (broad SMARTS) is 1. The van der Waals surface area contributed by atoms with Gasteiger partial charge in [-0.3, -0.25) is 19.7 Å². The van der Waals surface area contributed by atoms with Gasteiger partial charge in [0.1, 0.15) is 6.54 Å². The van der Waals surface area contributed by atoms with Crippen molar-refractivity contribution in [2.24, 2.45) is 0 Å². The molecule has 2 atom stereocenters. The predicted molar refractivity (Wildman–Crippen MR) is 304 cm³/mol. The summed E-state index contributed by atoms with van der Waals surface area (Å²) in [6.45, 7) is 11.7. The number of carbonyl (C=O) groups excluding carboxylic acids is 1. The zero-order valence-electron chi connectivity index (χ0n) is 45.2. The highest BCUT2D eigenvalue weighted by molar-refractivity contribution is 6.17. The molecule has 4 aromatic carbocycles. The fourth-order valence-corrected chi connectivity index (χ4v) is 12.2. The number of carboxylic acids is 1. The van der Waals surface area contributed by atoms with Gasteiger partial charge in [-0.1, -0.05) is 190 Å². The molecular formula is C64H88N3O6+. The van der Waals surface area contributed by atoms with E-state index in [1.165, 1.54) is 116 Å². The molecule has 0 spiro atoms. The number of nitro groups is 1. The minimum atomic E-state index is -0.773. The van der Waals surface area contributed by atoms with Crippen LogP contribution in [0.5, 0.6) is 0 Å². The molecule has 0 amide bonds. The number of non-ortho nitro benzene ring substituents is 1. The molecule has 9 nitrogen and oxygen atoms in total. The molecule has 2 heterocycles. The van der Waals surface area contributed by atoms with E-state index < -0.39 is 11.4 Å². The summed E-state index contributed by atoms with van der Waals surface area (Å²) in [6.07, 6.45) is 39.4. The van der Waals surface area contributed by atoms with Crippen molar-refractivity contribution in [1.82, 2.24) is 0 Å². The number of ether oxygens (including phenoxy) is 1. The molecule has 394 valence electrons. The van der Waals surface area contributed by atoms with Crippen LogP contribution in [-0.2, 0) is 25.2 Å². The number of allylic oxidation sites excluding steroid dienone is 6. The Morgan fingerprint density at radius 1 is 0.699 bits per heavy atom. The first-order chi connectivity index (χ1) is 35.7. The lowest BCUT2D eigenvalue weighted by molar-refractivity contribution is -0.438. The van der Waals surface area contributed by atoms with Crippen LogP contribution in [0.4, 0.5) is 17.1 Å². The molecule has 0 aromatic heterocycles. The summed E-state index contributed by atoms with van der Waals surface area (Å²) in [7, 11) is 0. The molecule has 4 aromatic rings. The van der Waals surface area contributed by atoms with E-state index in [0.29, 0.717) is 26.0 Å². The third-order valence-electron chi connectivity index (χ3n) is 16.2. The van der Waals surface area contributed by atoms with E-state index in [4.69, 9.17) is 4.74 Å². The fourth-order valence-electron chi connectivity index (χ4n) is 12.2. The van der Waals surface area contributed by atoms with Crippen LogP contribution in [0.1, 0.15) is 206 Å². The number of fused-ring (bicyclic) bond motifs is 7. The van der Waals surface area contributed by atoms with Crippen molar-refractivity contribution in [2.75, 3.05) is 24.6 Å². The standard InChI is InChI=1S/C64H87N3O6/c1-5-8-10-11-12-13-14-15-16-17-18-19-20-31-44-63(4)56-49-51(67(71)72)42-43-57(56)65(46-32-22-26-41-60(69)70)58(63)39-24-21-25-40-59-64(7-3,45-9-6-2)61-54-37-29-27-35-52(54)53-36-28-30-38-55(53)62(61)66(59)47-33-23-34-48-73-50-68/h21,24-25,27-30,35-40,42-43,49-50H,5-20,22-23,26,31-34,41,44-48H2,1-4H3/p+1. The number of anilines is 1. The van der Waals surface area contributed by atoms with E-state index in [2.05, 4.69) is 116 Å². The number of benzene rings is 4. The molecule has 0 saturated carbocycles. The van der Waals surface area contributed by atoms with Crippen LogP contribution in [0.25, 0.3) is 21.5 Å². The zero-order valence-corrected chi connectivity index (χ0v) is 45.2. The molecule has 0 radical (unpaired) electrons. The molecule has 0 aliphatic carbocycles. The van der Waals surface area contributed by atoms with Gasteiger partial charge < -0.3 is 14.7 Å². The highest BCUT2D eigenvalue weighted by Gasteiger charge is 2.49. The number of nitro benzene ring substituents is 1. The lowest BCUT2D eigenvalue weighted by Crippen LogP contribution is -2.31. The Morgan fingerprint density at radius 2 is 1.30 bits per heavy atom. The summed E-state index contributed by atoms with van der Waals surface area (Å²) in [5.41, 5.74) is 6.71. The van der Waals surface area contributed by atoms with Gasteiger partial charge in [0.05, 0.1) is 22.6 Å². The van der Waals surface area contributed by atoms with Crippen LogP contribution < -0.4 is 4.90 Å². The molecule has 0 bridgehead atoms. The van der Waals surface area contributed by atoms with E-state index in [1.54, 1.807) is 6.07 Å². The molecule has 0 saturated heterocycles. The second-order valence-electron chi connectivity index (χ2n) is 21.2. The van der Waals surface area contributed by atoms with E-state index in [1.807, 2.05) is 12.1 Å². The van der Waals surface area contributed by atoms with Crippen LogP contribution in [-0.4, -0.2) is 52.5 Å². The van der Waals surface area contributed by atoms with Gasteiger partial charge in [-0.2, -0.15) is 4.58 Å². The van der Waals surface area contributed by atoms with Crippen LogP contribution in [0.15, 0.2) is 103 Å². The lowest BCUT2D eigenvalue weighted by Gasteiger charge is -2.33. The first-order valence-electron chi connectivity index (χ1n) is 28.6. The van der Waals surface area contributed by atoms with Gasteiger partial charge in [-0.05, 0) is 86.1 Å². The first kappa shape index (κ1) is 56.7. The number of aliphatic carboxylic acids is 1. The molecular weight excluding hydrogens is 907 g/mol. The van der Waals surface area contributed by atoms with Crippen molar-refractivity contribution < 1.29 is 28.9 Å². The van der Waals surface area contributed by atoms with Gasteiger partial charge in [-0.15, -0.1) is 0 Å². The third-order valence-corrected chi connectivity index (χ3v) is 16.2. The second-order valence-corrected chi connectivity index (χ2v) is 21.2. The maximum absolute atomic E-state index is 12.3. The summed E-state index contributed by atoms with van der Waals surface area (Å²) in [5.74, 6) is -0.773. The van der Waals surface area contributed by atoms with Crippen molar-refractivity contribution in [3.63, 3.8) is 0 Å². The van der Waals surface area contributed by atoms with Crippen LogP contribution in [0.2, 0.25) is 0 Å². The van der Waals surface area contributed by atoms with E-state index >= 15 is 0 Å². The fraction of sp³-hybridized carbons (Fsp3) is 0.547. The summed E-state index contributed by atoms with van der Waals surface area (Å²) >= 11 is 0. The largest absolute Gasteiger partial charge is 0.481 e. The molecule has 0 fully saturated rings. The first-order valence-corrected chi connectivity index (χ1v) is 28.6. The second kappa shape index (κ2) is 29.4. The predicted octanol–water partition coefficient (Wildman–Crippen LogP) is 17.5. The molecule has 73 heavy (non-hydrogen) atoms. The van der Waals surface area contributed by atoms with E-state index in [-0.39, 0.29) is 22.4 Å². The number of carbonyl (C=O) groups is 2. The lowest BCUT2D eigenvalue weighted by atomic mass is 9.71. The van der Waals surface area contributed by atoms with Crippen LogP contribution >= 0.6 is 0 Å². The van der Waals surface area contributed by atoms with Crippen molar-refractivity contribution in [3.05, 3.63) is 124 Å². The normalized spacial score (nSPS) is 18.0. The van der Waals surface area contributed by atoms with Gasteiger partial charge in [-0.25, -0.2) is 0 Å². The molecule has 1 N–H and O–H groups in total. The van der Waals surface area contributed by atoms with Gasteiger partial charge >= 0.3 is 5.97 Å². The number of hydrogen-bond donors (Lipinski definition) is 1. The number of rotatable bonds is 36. The minimum absolute atomic E-state index is 0.114. The van der Waals surface area contributed by atoms with Crippen LogP contribution in [0, 0.1) is 10.1 Å². The summed E-state index contributed by atoms with van der Waals surface area (Å²) in [4.78, 5) is 36.9. The number of nitrogens with zero attached hydrogens (tertiary/aromatic N) is 3. The third kappa shape index (κ3) is 14.4. The SMILES string of the molecule is CCCCCCCCCCCCCCCCC1(C)C(/C=C/C=C/C=C2\N(CCCCCOC=O)c3c(c4ccccc4c4ccccc34)C2(CC)CCCC)=[N+](CCCCCC(=O)O)c2ccc([N+](=O)[O-])cc21. The summed E-state index contributed by atoms with van der Waals surface area (Å²) < 4.78 is 7.44. The van der Waals surface area contributed by atoms with Gasteiger partial charge in [0, 0.05) is 65.7 Å². The quantitative estimate of drug-likeness (QED) is 0.00918. The summed E-state index contributed by atoms with van der Waals surface area (Å²) in [6, 6.07) is 23.2. The Kier molecular flexibility index (Phi) is 22.8. The Morgan fingerprint density at radius 3 is 1.93 bits per heavy atom. The van der Waals surface area contributed by atoms with Gasteiger partial charge in [0.25, 0.3) is 12.2 Å². The molecule has 2 unspecified atom stereocenters. The average Bonchev–Trinajstić information content (AvgIpc) is 3.80. The van der Waals surface area contributed by atoms with Gasteiger partial charge in [0.2, 0.25) is 5.69 Å². The average molecular weight is 995 g/mol. The minimum Gasteiger partial charge on any atom is -0.481 e. The Balaban J connectivity index is 1.31. The highest BCUT2D eigenvalue weighted by atomic mass is 16.6. The molecule has 2 aliphatic heterocycles. The van der Waals surface area contributed by atoms with Gasteiger partial charge in [0.15, 0.2) is 5.71 Å². The van der Waals surface area contributed by atoms with Crippen LogP contribution in [0.3, 0.4) is 0 Å². The molecule has 6 rings (SSSR count). The van der Waals surface area contributed by atoms with Crippen molar-refractivity contribution in [2.45, 2.75) is 205 Å². The monoisotopic (exact) mass is 995 g/mol. The molecule has 9 heteroatoms. The van der Waals surface area contributed by atoms with E-state index in [0.717, 1.165) is 101 Å². The van der Waals surface area contributed by atoms with Crippen molar-refractivity contribution in [1.29, 1.82) is 0 Å². The number of unbranched alkanes of at least 4 members (excludes halogenated alkanes) is 18. The maximum atomic E-state index is 12.3. The molecule has 2 aliphatic rings. The Labute approximate surface area is 438 Å². The maximum Gasteiger partial charge on any atom is 0.303 e. The zero-order chi connectivity index (χ0) is 51.9.